The van der Waals surface area contributed by atoms with Crippen molar-refractivity contribution in [2.75, 3.05) is 29.1 Å². The fourth-order valence-electron chi connectivity index (χ4n) is 3.84. The Morgan fingerprint density at radius 1 is 1.09 bits per heavy atom. The molecule has 0 fully saturated rings. The van der Waals surface area contributed by atoms with Gasteiger partial charge in [-0.15, -0.1) is 11.3 Å². The van der Waals surface area contributed by atoms with E-state index >= 15 is 0 Å². The number of anilines is 3. The van der Waals surface area contributed by atoms with Crippen LogP contribution in [0, 0.1) is 0 Å². The summed E-state index contributed by atoms with van der Waals surface area (Å²) in [7, 11) is 1.56. The van der Waals surface area contributed by atoms with Gasteiger partial charge < -0.3 is 20.4 Å². The van der Waals surface area contributed by atoms with Crippen LogP contribution in [0.2, 0.25) is 0 Å². The maximum Gasteiger partial charge on any atom is 0.265 e. The Hall–Kier alpha value is -3.98. The molecular formula is C25H24N4O4S. The maximum absolute atomic E-state index is 13.2. The number of nitrogens with zero attached hydrogens (tertiary/aromatic N) is 2. The van der Waals surface area contributed by atoms with E-state index in [1.54, 1.807) is 72.6 Å². The van der Waals surface area contributed by atoms with E-state index in [9.17, 15) is 19.2 Å². The molecule has 34 heavy (non-hydrogen) atoms. The van der Waals surface area contributed by atoms with Gasteiger partial charge in [-0.25, -0.2) is 0 Å². The molecule has 2 heterocycles. The van der Waals surface area contributed by atoms with Crippen LogP contribution in [0.25, 0.3) is 0 Å². The van der Waals surface area contributed by atoms with Crippen LogP contribution in [-0.2, 0) is 9.59 Å². The van der Waals surface area contributed by atoms with Crippen LogP contribution < -0.4 is 15.5 Å². The second-order valence-electron chi connectivity index (χ2n) is 8.05. The summed E-state index contributed by atoms with van der Waals surface area (Å²) in [6.45, 7) is 1.66. The molecule has 4 rings (SSSR count). The van der Waals surface area contributed by atoms with E-state index in [0.29, 0.717) is 27.5 Å². The van der Waals surface area contributed by atoms with Gasteiger partial charge in [0.15, 0.2) is 0 Å². The molecule has 8 nitrogen and oxygen atoms in total. The lowest BCUT2D eigenvalue weighted by Gasteiger charge is -2.29. The number of amides is 4. The number of carbonyl (C=O) groups excluding carboxylic acids is 4. The Labute approximate surface area is 201 Å². The monoisotopic (exact) mass is 476 g/mol. The summed E-state index contributed by atoms with van der Waals surface area (Å²) >= 11 is 1.35. The molecule has 1 aliphatic heterocycles. The minimum absolute atomic E-state index is 0.150. The lowest BCUT2D eigenvalue weighted by molar-refractivity contribution is -0.119. The molecule has 0 saturated carbocycles. The summed E-state index contributed by atoms with van der Waals surface area (Å²) in [5, 5.41) is 7.44. The standard InChI is InChI=1S/C25H24N4O4S/c1-16-14-22(30)27-19-6-3-4-7-20(19)29(16)23(31)15-28(2)25(33)17-9-11-18(12-10-17)26-24(32)21-8-5-13-34-21/h3-13,16H,14-15H2,1-2H3,(H,26,32)(H,27,30). The molecular weight excluding hydrogens is 452 g/mol. The molecule has 4 amide bonds. The highest BCUT2D eigenvalue weighted by Gasteiger charge is 2.30. The fourth-order valence-corrected chi connectivity index (χ4v) is 4.45. The van der Waals surface area contributed by atoms with Gasteiger partial charge in [-0.2, -0.15) is 0 Å². The van der Waals surface area contributed by atoms with Crippen molar-refractivity contribution in [1.82, 2.24) is 4.90 Å². The van der Waals surface area contributed by atoms with Crippen molar-refractivity contribution < 1.29 is 19.2 Å². The molecule has 0 saturated heterocycles. The molecule has 1 atom stereocenters. The molecule has 2 aromatic carbocycles. The van der Waals surface area contributed by atoms with E-state index < -0.39 is 0 Å². The van der Waals surface area contributed by atoms with Crippen molar-refractivity contribution in [2.24, 2.45) is 0 Å². The summed E-state index contributed by atoms with van der Waals surface area (Å²) in [5.41, 5.74) is 2.14. The summed E-state index contributed by atoms with van der Waals surface area (Å²) in [4.78, 5) is 54.0. The van der Waals surface area contributed by atoms with Gasteiger partial charge in [-0.05, 0) is 54.8 Å². The second kappa shape index (κ2) is 9.88. The molecule has 2 N–H and O–H groups in total. The topological polar surface area (TPSA) is 98.8 Å². The second-order valence-corrected chi connectivity index (χ2v) is 9.00. The predicted octanol–water partition coefficient (Wildman–Crippen LogP) is 3.84. The Kier molecular flexibility index (Phi) is 6.74. The van der Waals surface area contributed by atoms with Gasteiger partial charge >= 0.3 is 0 Å². The zero-order valence-corrected chi connectivity index (χ0v) is 19.6. The average molecular weight is 477 g/mol. The van der Waals surface area contributed by atoms with E-state index in [2.05, 4.69) is 10.6 Å². The van der Waals surface area contributed by atoms with Gasteiger partial charge in [-0.1, -0.05) is 18.2 Å². The quantitative estimate of drug-likeness (QED) is 0.585. The first kappa shape index (κ1) is 23.2. The highest BCUT2D eigenvalue weighted by atomic mass is 32.1. The fraction of sp³-hybridized carbons (Fsp3) is 0.200. The number of carbonyl (C=O) groups is 4. The minimum Gasteiger partial charge on any atom is -0.332 e. The lowest BCUT2D eigenvalue weighted by Crippen LogP contribution is -2.45. The number of benzene rings is 2. The van der Waals surface area contributed by atoms with Crippen LogP contribution in [-0.4, -0.2) is 48.2 Å². The molecule has 9 heteroatoms. The highest BCUT2D eigenvalue weighted by molar-refractivity contribution is 7.12. The van der Waals surface area contributed by atoms with Gasteiger partial charge in [0.1, 0.15) is 6.54 Å². The van der Waals surface area contributed by atoms with Gasteiger partial charge in [0.05, 0.1) is 16.3 Å². The number of likely N-dealkylation sites (N-methyl/N-ethyl adjacent to an activating group) is 1. The van der Waals surface area contributed by atoms with Gasteiger partial charge in [0, 0.05) is 30.8 Å². The number of nitrogens with one attached hydrogen (secondary N) is 2. The van der Waals surface area contributed by atoms with Crippen molar-refractivity contribution >= 4 is 52.0 Å². The molecule has 0 radical (unpaired) electrons. The number of rotatable bonds is 5. The van der Waals surface area contributed by atoms with E-state index in [-0.39, 0.29) is 42.6 Å². The molecule has 174 valence electrons. The molecule has 3 aromatic rings. The summed E-state index contributed by atoms with van der Waals surface area (Å²) < 4.78 is 0. The Morgan fingerprint density at radius 3 is 2.53 bits per heavy atom. The summed E-state index contributed by atoms with van der Waals surface area (Å²) in [5.74, 6) is -0.982. The van der Waals surface area contributed by atoms with E-state index in [4.69, 9.17) is 0 Å². The minimum atomic E-state index is -0.356. The van der Waals surface area contributed by atoms with Crippen LogP contribution in [0.15, 0.2) is 66.0 Å². The maximum atomic E-state index is 13.2. The largest absolute Gasteiger partial charge is 0.332 e. The molecule has 1 unspecified atom stereocenters. The number of fused-ring (bicyclic) bond motifs is 1. The third-order valence-electron chi connectivity index (χ3n) is 5.48. The third-order valence-corrected chi connectivity index (χ3v) is 6.35. The van der Waals surface area contributed by atoms with Crippen LogP contribution in [0.5, 0.6) is 0 Å². The van der Waals surface area contributed by atoms with Crippen molar-refractivity contribution in [2.45, 2.75) is 19.4 Å². The summed E-state index contributed by atoms with van der Waals surface area (Å²) in [6.07, 6.45) is 0.163. The third kappa shape index (κ3) is 4.99. The van der Waals surface area contributed by atoms with Crippen LogP contribution in [0.4, 0.5) is 17.1 Å². The number of hydrogen-bond donors (Lipinski definition) is 2. The van der Waals surface area contributed by atoms with Crippen molar-refractivity contribution in [3.63, 3.8) is 0 Å². The Bertz CT molecular complexity index is 1220. The summed E-state index contributed by atoms with van der Waals surface area (Å²) in [6, 6.07) is 16.8. The van der Waals surface area contributed by atoms with Gasteiger partial charge in [0.25, 0.3) is 11.8 Å². The lowest BCUT2D eigenvalue weighted by atomic mass is 10.1. The van der Waals surface area contributed by atoms with E-state index in [0.717, 1.165) is 0 Å². The van der Waals surface area contributed by atoms with Crippen LogP contribution in [0.1, 0.15) is 33.4 Å². The first-order chi connectivity index (χ1) is 16.3. The van der Waals surface area contributed by atoms with Crippen molar-refractivity contribution in [3.8, 4) is 0 Å². The number of thiophene rings is 1. The zero-order valence-electron chi connectivity index (χ0n) is 18.8. The van der Waals surface area contributed by atoms with Crippen LogP contribution in [0.3, 0.4) is 0 Å². The van der Waals surface area contributed by atoms with Crippen LogP contribution >= 0.6 is 11.3 Å². The van der Waals surface area contributed by atoms with Crippen molar-refractivity contribution in [3.05, 3.63) is 76.5 Å². The average Bonchev–Trinajstić information content (AvgIpc) is 3.31. The molecule has 1 aromatic heterocycles. The predicted molar refractivity (Wildman–Crippen MR) is 132 cm³/mol. The normalized spacial score (nSPS) is 15.1. The SMILES string of the molecule is CC1CC(=O)Nc2ccccc2N1C(=O)CN(C)C(=O)c1ccc(NC(=O)c2cccs2)cc1. The molecule has 1 aliphatic rings. The highest BCUT2D eigenvalue weighted by Crippen LogP contribution is 2.31. The first-order valence-corrected chi connectivity index (χ1v) is 11.6. The first-order valence-electron chi connectivity index (χ1n) is 10.7. The van der Waals surface area contributed by atoms with Crippen molar-refractivity contribution in [1.29, 1.82) is 0 Å². The van der Waals surface area contributed by atoms with E-state index in [1.165, 1.54) is 16.2 Å². The Balaban J connectivity index is 1.43. The van der Waals surface area contributed by atoms with E-state index in [1.807, 2.05) is 12.3 Å². The van der Waals surface area contributed by atoms with Gasteiger partial charge in [0.2, 0.25) is 11.8 Å². The number of hydrogen-bond acceptors (Lipinski definition) is 5. The molecule has 0 aliphatic carbocycles. The molecule has 0 bridgehead atoms. The molecule has 0 spiro atoms. The zero-order chi connectivity index (χ0) is 24.2. The van der Waals surface area contributed by atoms with Gasteiger partial charge in [-0.3, -0.25) is 19.2 Å². The Morgan fingerprint density at radius 2 is 1.82 bits per heavy atom. The number of para-hydroxylation sites is 2. The smallest absolute Gasteiger partial charge is 0.265 e.